The molecule has 1 fully saturated rings. The first kappa shape index (κ1) is 15.8. The maximum absolute atomic E-state index is 12.2. The lowest BCUT2D eigenvalue weighted by atomic mass is 9.99. The van der Waals surface area contributed by atoms with Crippen molar-refractivity contribution in [3.8, 4) is 0 Å². The predicted octanol–water partition coefficient (Wildman–Crippen LogP) is 2.60. The number of aliphatic carboxylic acids is 1. The maximum atomic E-state index is 12.2. The van der Waals surface area contributed by atoms with E-state index in [0.29, 0.717) is 6.42 Å². The van der Waals surface area contributed by atoms with Crippen LogP contribution >= 0.6 is 0 Å². The van der Waals surface area contributed by atoms with Gasteiger partial charge in [-0.2, -0.15) is 0 Å². The van der Waals surface area contributed by atoms with Gasteiger partial charge in [0.05, 0.1) is 0 Å². The average molecular weight is 270 g/mol. The van der Waals surface area contributed by atoms with Crippen LogP contribution < -0.4 is 5.32 Å². The Bertz CT molecular complexity index is 325. The molecule has 2 amide bonds. The number of urea groups is 1. The van der Waals surface area contributed by atoms with Gasteiger partial charge in [0.2, 0.25) is 0 Å². The molecule has 19 heavy (non-hydrogen) atoms. The van der Waals surface area contributed by atoms with E-state index in [-0.39, 0.29) is 12.1 Å². The van der Waals surface area contributed by atoms with E-state index in [2.05, 4.69) is 5.32 Å². The van der Waals surface area contributed by atoms with Crippen LogP contribution in [0.5, 0.6) is 0 Å². The maximum Gasteiger partial charge on any atom is 0.329 e. The first-order valence-electron chi connectivity index (χ1n) is 7.19. The summed E-state index contributed by atoms with van der Waals surface area (Å²) in [5.74, 6) is -0.988. The van der Waals surface area contributed by atoms with Crippen LogP contribution in [0.1, 0.15) is 58.8 Å². The summed E-state index contributed by atoms with van der Waals surface area (Å²) in [4.78, 5) is 25.1. The Balaban J connectivity index is 2.63. The molecule has 1 rings (SSSR count). The highest BCUT2D eigenvalue weighted by molar-refractivity contribution is 5.85. The predicted molar refractivity (Wildman–Crippen MR) is 74.1 cm³/mol. The van der Waals surface area contributed by atoms with Crippen LogP contribution in [0.3, 0.4) is 0 Å². The van der Waals surface area contributed by atoms with Crippen LogP contribution in [0.15, 0.2) is 0 Å². The molecule has 5 heteroatoms. The van der Waals surface area contributed by atoms with E-state index >= 15 is 0 Å². The summed E-state index contributed by atoms with van der Waals surface area (Å²) in [6.45, 7) is 3.31. The van der Waals surface area contributed by atoms with Crippen LogP contribution in [0.25, 0.3) is 0 Å². The summed E-state index contributed by atoms with van der Waals surface area (Å²) in [5.41, 5.74) is -1.18. The van der Waals surface area contributed by atoms with Crippen LogP contribution in [-0.4, -0.2) is 40.6 Å². The van der Waals surface area contributed by atoms with E-state index in [4.69, 9.17) is 0 Å². The molecule has 1 saturated carbocycles. The fourth-order valence-corrected chi connectivity index (χ4v) is 2.43. The second-order valence-electron chi connectivity index (χ2n) is 5.68. The van der Waals surface area contributed by atoms with Gasteiger partial charge in [0.15, 0.2) is 0 Å². The highest BCUT2D eigenvalue weighted by Crippen LogP contribution is 2.21. The molecule has 2 N–H and O–H groups in total. The van der Waals surface area contributed by atoms with Gasteiger partial charge in [-0.05, 0) is 26.2 Å². The first-order valence-corrected chi connectivity index (χ1v) is 7.19. The molecule has 5 nitrogen and oxygen atoms in total. The van der Waals surface area contributed by atoms with Gasteiger partial charge in [0, 0.05) is 13.1 Å². The molecule has 1 aliphatic carbocycles. The highest BCUT2D eigenvalue weighted by atomic mass is 16.4. The van der Waals surface area contributed by atoms with Crippen molar-refractivity contribution in [1.82, 2.24) is 10.2 Å². The number of carboxylic acid groups (broad SMARTS) is 1. The first-order chi connectivity index (χ1) is 8.90. The molecule has 110 valence electrons. The van der Waals surface area contributed by atoms with Crippen LogP contribution in [0.4, 0.5) is 4.79 Å². The molecule has 0 spiro atoms. The lowest BCUT2D eigenvalue weighted by Crippen LogP contribution is -2.56. The number of carbonyl (C=O) groups is 2. The number of nitrogens with one attached hydrogen (secondary N) is 1. The quantitative estimate of drug-likeness (QED) is 0.771. The van der Waals surface area contributed by atoms with E-state index < -0.39 is 11.5 Å². The normalized spacial score (nSPS) is 20.2. The molecule has 0 saturated heterocycles. The molecular weight excluding hydrogens is 244 g/mol. The minimum atomic E-state index is -1.18. The molecule has 1 atom stereocenters. The largest absolute Gasteiger partial charge is 0.480 e. The van der Waals surface area contributed by atoms with Crippen molar-refractivity contribution < 1.29 is 14.7 Å². The average Bonchev–Trinajstić information content (AvgIpc) is 2.66. The summed E-state index contributed by atoms with van der Waals surface area (Å²) in [5, 5.41) is 11.8. The number of nitrogens with zero attached hydrogens (tertiary/aromatic N) is 1. The Morgan fingerprint density at radius 1 is 1.26 bits per heavy atom. The molecular formula is C14H26N2O3. The van der Waals surface area contributed by atoms with Crippen molar-refractivity contribution >= 4 is 12.0 Å². The molecule has 1 aliphatic rings. The fraction of sp³-hybridized carbons (Fsp3) is 0.857. The Morgan fingerprint density at radius 3 is 2.21 bits per heavy atom. The van der Waals surface area contributed by atoms with E-state index in [1.54, 1.807) is 25.8 Å². The summed E-state index contributed by atoms with van der Waals surface area (Å²) >= 11 is 0. The zero-order valence-corrected chi connectivity index (χ0v) is 12.2. The van der Waals surface area contributed by atoms with Gasteiger partial charge in [0.25, 0.3) is 0 Å². The molecule has 0 radical (unpaired) electrons. The Kier molecular flexibility index (Phi) is 5.63. The topological polar surface area (TPSA) is 69.6 Å². The summed E-state index contributed by atoms with van der Waals surface area (Å²) < 4.78 is 0. The van der Waals surface area contributed by atoms with Crippen molar-refractivity contribution in [2.75, 3.05) is 7.05 Å². The van der Waals surface area contributed by atoms with Gasteiger partial charge in [-0.15, -0.1) is 0 Å². The smallest absolute Gasteiger partial charge is 0.329 e. The van der Waals surface area contributed by atoms with Crippen LogP contribution in [-0.2, 0) is 4.79 Å². The standard InChI is InChI=1S/C14H26N2O3/c1-4-14(2,12(17)18)15-13(19)16(3)11-9-7-5-6-8-10-11/h11H,4-10H2,1-3H3,(H,15,19)(H,17,18). The van der Waals surface area contributed by atoms with Crippen molar-refractivity contribution in [1.29, 1.82) is 0 Å². The number of hydrogen-bond acceptors (Lipinski definition) is 2. The minimum absolute atomic E-state index is 0.234. The fourth-order valence-electron chi connectivity index (χ4n) is 2.43. The van der Waals surface area contributed by atoms with Gasteiger partial charge in [-0.25, -0.2) is 9.59 Å². The molecule has 0 aliphatic heterocycles. The lowest BCUT2D eigenvalue weighted by molar-refractivity contribution is -0.143. The van der Waals surface area contributed by atoms with E-state index in [9.17, 15) is 14.7 Å². The van der Waals surface area contributed by atoms with Crippen molar-refractivity contribution in [2.45, 2.75) is 70.4 Å². The minimum Gasteiger partial charge on any atom is -0.480 e. The number of hydrogen-bond donors (Lipinski definition) is 2. The molecule has 1 unspecified atom stereocenters. The number of rotatable bonds is 4. The van der Waals surface area contributed by atoms with E-state index in [0.717, 1.165) is 25.7 Å². The molecule has 0 bridgehead atoms. The molecule has 0 aromatic carbocycles. The van der Waals surface area contributed by atoms with Crippen LogP contribution in [0, 0.1) is 0 Å². The third-order valence-electron chi connectivity index (χ3n) is 4.25. The Labute approximate surface area is 115 Å². The number of carboxylic acids is 1. The molecule has 0 aromatic rings. The highest BCUT2D eigenvalue weighted by Gasteiger charge is 2.34. The second-order valence-corrected chi connectivity index (χ2v) is 5.68. The van der Waals surface area contributed by atoms with Crippen LogP contribution in [0.2, 0.25) is 0 Å². The summed E-state index contributed by atoms with van der Waals surface area (Å²) in [6, 6.07) is -0.0453. The molecule has 0 heterocycles. The van der Waals surface area contributed by atoms with E-state index in [1.807, 2.05) is 0 Å². The van der Waals surface area contributed by atoms with Gasteiger partial charge in [0.1, 0.15) is 5.54 Å². The van der Waals surface area contributed by atoms with Gasteiger partial charge in [-0.1, -0.05) is 32.6 Å². The van der Waals surface area contributed by atoms with Crippen molar-refractivity contribution in [3.05, 3.63) is 0 Å². The van der Waals surface area contributed by atoms with Crippen molar-refractivity contribution in [3.63, 3.8) is 0 Å². The number of amides is 2. The lowest BCUT2D eigenvalue weighted by Gasteiger charge is -2.32. The third-order valence-corrected chi connectivity index (χ3v) is 4.25. The second kappa shape index (κ2) is 6.78. The SMILES string of the molecule is CCC(C)(NC(=O)N(C)C1CCCCCC1)C(=O)O. The van der Waals surface area contributed by atoms with Crippen molar-refractivity contribution in [2.24, 2.45) is 0 Å². The number of carbonyl (C=O) groups excluding carboxylic acids is 1. The van der Waals surface area contributed by atoms with Gasteiger partial charge < -0.3 is 15.3 Å². The zero-order valence-electron chi connectivity index (χ0n) is 12.2. The molecule has 0 aromatic heterocycles. The Morgan fingerprint density at radius 2 is 1.79 bits per heavy atom. The summed E-state index contributed by atoms with van der Waals surface area (Å²) in [6.07, 6.45) is 7.15. The Hall–Kier alpha value is -1.26. The monoisotopic (exact) mass is 270 g/mol. The summed E-state index contributed by atoms with van der Waals surface area (Å²) in [7, 11) is 1.77. The van der Waals surface area contributed by atoms with Gasteiger partial charge in [-0.3, -0.25) is 0 Å². The zero-order chi connectivity index (χ0) is 14.5. The van der Waals surface area contributed by atoms with Gasteiger partial charge >= 0.3 is 12.0 Å². The third kappa shape index (κ3) is 4.11. The van der Waals surface area contributed by atoms with E-state index in [1.165, 1.54) is 12.8 Å².